The fourth-order valence-corrected chi connectivity index (χ4v) is 5.83. The maximum absolute atomic E-state index is 12.5. The third kappa shape index (κ3) is 3.52. The molecule has 3 amide bonds. The highest BCUT2D eigenvalue weighted by molar-refractivity contribution is 5.97. The Morgan fingerprint density at radius 3 is 2.27 bits per heavy atom. The van der Waals surface area contributed by atoms with E-state index in [1.165, 1.54) is 19.3 Å². The molecule has 0 aliphatic heterocycles. The molecule has 6 nitrogen and oxygen atoms in total. The molecule has 4 aliphatic carbocycles. The molecule has 1 heterocycles. The van der Waals surface area contributed by atoms with Crippen LogP contribution in [0.5, 0.6) is 0 Å². The molecule has 142 valence electrons. The van der Waals surface area contributed by atoms with Gasteiger partial charge in [-0.3, -0.25) is 15.4 Å². The Balaban J connectivity index is 1.30. The zero-order valence-electron chi connectivity index (χ0n) is 15.6. The van der Waals surface area contributed by atoms with Crippen LogP contribution in [0.25, 0.3) is 0 Å². The second-order valence-electron chi connectivity index (χ2n) is 8.77. The lowest BCUT2D eigenvalue weighted by molar-refractivity contribution is -0.121. The van der Waals surface area contributed by atoms with E-state index < -0.39 is 6.04 Å². The topological polar surface area (TPSA) is 83.4 Å². The van der Waals surface area contributed by atoms with Crippen molar-refractivity contribution >= 4 is 11.9 Å². The molecule has 4 fully saturated rings. The highest BCUT2D eigenvalue weighted by atomic mass is 16.3. The number of carbonyl (C=O) groups is 2. The smallest absolute Gasteiger partial charge is 0.321 e. The average Bonchev–Trinajstić information content (AvgIpc) is 3.07. The molecule has 0 saturated heterocycles. The second-order valence-corrected chi connectivity index (χ2v) is 8.77. The summed E-state index contributed by atoms with van der Waals surface area (Å²) in [7, 11) is 0. The van der Waals surface area contributed by atoms with Crippen molar-refractivity contribution in [2.45, 2.75) is 70.0 Å². The van der Waals surface area contributed by atoms with Gasteiger partial charge in [0.2, 0.25) is 5.91 Å². The predicted octanol–water partition coefficient (Wildman–Crippen LogP) is 3.11. The van der Waals surface area contributed by atoms with Crippen LogP contribution in [0.1, 0.15) is 64.2 Å². The van der Waals surface area contributed by atoms with E-state index in [9.17, 15) is 9.59 Å². The summed E-state index contributed by atoms with van der Waals surface area (Å²) in [4.78, 5) is 24.8. The van der Waals surface area contributed by atoms with Gasteiger partial charge >= 0.3 is 6.03 Å². The minimum absolute atomic E-state index is 0.0861. The lowest BCUT2D eigenvalue weighted by atomic mass is 9.53. The van der Waals surface area contributed by atoms with Gasteiger partial charge in [0.25, 0.3) is 0 Å². The summed E-state index contributed by atoms with van der Waals surface area (Å²) >= 11 is 0. The van der Waals surface area contributed by atoms with Gasteiger partial charge < -0.3 is 9.73 Å². The van der Waals surface area contributed by atoms with E-state index in [2.05, 4.69) is 16.0 Å². The third-order valence-corrected chi connectivity index (χ3v) is 6.52. The van der Waals surface area contributed by atoms with Crippen molar-refractivity contribution in [2.75, 3.05) is 0 Å². The molecule has 1 aromatic heterocycles. The molecular formula is C20H29N3O3. The maximum atomic E-state index is 12.5. The van der Waals surface area contributed by atoms with Crippen LogP contribution in [-0.4, -0.2) is 23.5 Å². The highest BCUT2D eigenvalue weighted by Gasteiger charge is 2.51. The molecule has 0 aromatic carbocycles. The highest BCUT2D eigenvalue weighted by Crippen LogP contribution is 2.55. The Morgan fingerprint density at radius 2 is 1.73 bits per heavy atom. The van der Waals surface area contributed by atoms with Crippen molar-refractivity contribution in [1.29, 1.82) is 0 Å². The summed E-state index contributed by atoms with van der Waals surface area (Å²) in [5.41, 5.74) is -0.0861. The molecule has 4 saturated carbocycles. The van der Waals surface area contributed by atoms with Gasteiger partial charge in [0.05, 0.1) is 18.3 Å². The van der Waals surface area contributed by atoms with E-state index in [1.807, 2.05) is 19.1 Å². The van der Waals surface area contributed by atoms with Gasteiger partial charge in [0.15, 0.2) is 0 Å². The van der Waals surface area contributed by atoms with Crippen LogP contribution in [0.3, 0.4) is 0 Å². The van der Waals surface area contributed by atoms with Crippen molar-refractivity contribution in [3.05, 3.63) is 24.2 Å². The average molecular weight is 359 g/mol. The third-order valence-electron chi connectivity index (χ3n) is 6.52. The molecule has 3 N–H and O–H groups in total. The van der Waals surface area contributed by atoms with Crippen LogP contribution in [0.15, 0.2) is 22.8 Å². The Kier molecular flexibility index (Phi) is 4.55. The molecule has 2 atom stereocenters. The van der Waals surface area contributed by atoms with E-state index in [0.717, 1.165) is 42.8 Å². The van der Waals surface area contributed by atoms with E-state index in [1.54, 1.807) is 13.2 Å². The number of furan rings is 1. The van der Waals surface area contributed by atoms with Crippen LogP contribution < -0.4 is 16.0 Å². The Labute approximate surface area is 154 Å². The van der Waals surface area contributed by atoms with Crippen molar-refractivity contribution in [3.8, 4) is 0 Å². The fraction of sp³-hybridized carbons (Fsp3) is 0.700. The van der Waals surface area contributed by atoms with Crippen molar-refractivity contribution in [1.82, 2.24) is 16.0 Å². The van der Waals surface area contributed by atoms with Crippen molar-refractivity contribution in [2.24, 2.45) is 17.8 Å². The number of amides is 3. The SMILES string of the molecule is C[C@H](N[C@H](C)C(=O)NC(=O)NC12CC3CC(CC(C3)C1)C2)c1ccco1. The molecule has 1 aromatic rings. The van der Waals surface area contributed by atoms with Crippen molar-refractivity contribution < 1.29 is 14.0 Å². The van der Waals surface area contributed by atoms with Gasteiger partial charge in [-0.1, -0.05) is 0 Å². The number of imide groups is 1. The van der Waals surface area contributed by atoms with Crippen LogP contribution in [0, 0.1) is 17.8 Å². The van der Waals surface area contributed by atoms with E-state index in [-0.39, 0.29) is 23.5 Å². The van der Waals surface area contributed by atoms with Crippen LogP contribution in [-0.2, 0) is 4.79 Å². The lowest BCUT2D eigenvalue weighted by Gasteiger charge is -2.56. The van der Waals surface area contributed by atoms with Gasteiger partial charge in [-0.2, -0.15) is 0 Å². The van der Waals surface area contributed by atoms with E-state index in [0.29, 0.717) is 0 Å². The molecule has 4 bridgehead atoms. The van der Waals surface area contributed by atoms with E-state index in [4.69, 9.17) is 4.42 Å². The number of rotatable bonds is 5. The van der Waals surface area contributed by atoms with Crippen LogP contribution >= 0.6 is 0 Å². The van der Waals surface area contributed by atoms with Gasteiger partial charge in [-0.15, -0.1) is 0 Å². The maximum Gasteiger partial charge on any atom is 0.321 e. The Hall–Kier alpha value is -1.82. The monoisotopic (exact) mass is 359 g/mol. The first kappa shape index (κ1) is 17.6. The second kappa shape index (κ2) is 6.72. The largest absolute Gasteiger partial charge is 0.468 e. The summed E-state index contributed by atoms with van der Waals surface area (Å²) in [6.07, 6.45) is 8.81. The van der Waals surface area contributed by atoms with Gasteiger partial charge in [0, 0.05) is 5.54 Å². The first-order chi connectivity index (χ1) is 12.4. The summed E-state index contributed by atoms with van der Waals surface area (Å²) in [6.45, 7) is 3.69. The van der Waals surface area contributed by atoms with Crippen LogP contribution in [0.2, 0.25) is 0 Å². The molecular weight excluding hydrogens is 330 g/mol. The zero-order valence-corrected chi connectivity index (χ0v) is 15.6. The Morgan fingerprint density at radius 1 is 1.12 bits per heavy atom. The van der Waals surface area contributed by atoms with Gasteiger partial charge in [0.1, 0.15) is 5.76 Å². The van der Waals surface area contributed by atoms with Gasteiger partial charge in [-0.05, 0) is 82.3 Å². The van der Waals surface area contributed by atoms with Crippen LogP contribution in [0.4, 0.5) is 4.79 Å². The molecule has 5 rings (SSSR count). The molecule has 6 heteroatoms. The molecule has 0 unspecified atom stereocenters. The normalized spacial score (nSPS) is 34.3. The first-order valence-corrected chi connectivity index (χ1v) is 9.85. The Bertz CT molecular complexity index is 635. The lowest BCUT2D eigenvalue weighted by Crippen LogP contribution is -2.62. The summed E-state index contributed by atoms with van der Waals surface area (Å²) < 4.78 is 5.34. The minimum Gasteiger partial charge on any atom is -0.468 e. The molecule has 0 spiro atoms. The number of hydrogen-bond donors (Lipinski definition) is 3. The molecule has 4 aliphatic rings. The van der Waals surface area contributed by atoms with E-state index >= 15 is 0 Å². The first-order valence-electron chi connectivity index (χ1n) is 9.85. The summed E-state index contributed by atoms with van der Waals surface area (Å²) in [5, 5.41) is 8.86. The number of carbonyl (C=O) groups excluding carboxylic acids is 2. The predicted molar refractivity (Wildman–Crippen MR) is 97.3 cm³/mol. The fourth-order valence-electron chi connectivity index (χ4n) is 5.83. The quantitative estimate of drug-likeness (QED) is 0.754. The standard InChI is InChI=1S/C20H29N3O3/c1-12(17-4-3-5-26-17)21-13(2)18(24)22-19(25)23-20-9-14-6-15(10-20)8-16(7-14)11-20/h3-5,12-16,21H,6-11H2,1-2H3,(H2,22,23,24,25)/t12-,13+,14?,15?,16?,20?/m0/s1. The number of hydrogen-bond acceptors (Lipinski definition) is 4. The van der Waals surface area contributed by atoms with Gasteiger partial charge in [-0.25, -0.2) is 4.79 Å². The van der Waals surface area contributed by atoms with Crippen molar-refractivity contribution in [3.63, 3.8) is 0 Å². The summed E-state index contributed by atoms with van der Waals surface area (Å²) in [5.74, 6) is 2.72. The summed E-state index contributed by atoms with van der Waals surface area (Å²) in [6, 6.07) is 2.74. The molecule has 26 heavy (non-hydrogen) atoms. The minimum atomic E-state index is -0.489. The zero-order chi connectivity index (χ0) is 18.3. The number of urea groups is 1. The molecule has 0 radical (unpaired) electrons. The number of nitrogens with one attached hydrogen (secondary N) is 3.